The zero-order valence-electron chi connectivity index (χ0n) is 15.5. The van der Waals surface area contributed by atoms with Crippen LogP contribution in [0.1, 0.15) is 18.9 Å². The highest BCUT2D eigenvalue weighted by Crippen LogP contribution is 2.16. The lowest BCUT2D eigenvalue weighted by Crippen LogP contribution is -2.25. The first-order valence-corrected chi connectivity index (χ1v) is 8.91. The van der Waals surface area contributed by atoms with Crippen LogP contribution in [-0.4, -0.2) is 40.6 Å². The molecule has 0 unspecified atom stereocenters. The van der Waals surface area contributed by atoms with E-state index in [2.05, 4.69) is 25.9 Å². The molecule has 142 valence electrons. The van der Waals surface area contributed by atoms with Crippen LogP contribution in [0.4, 0.5) is 5.82 Å². The Morgan fingerprint density at radius 1 is 1.22 bits per heavy atom. The molecular formula is C19H24N6O2. The van der Waals surface area contributed by atoms with Gasteiger partial charge in [0.2, 0.25) is 5.91 Å². The number of fused-ring (bicyclic) bond motifs is 1. The molecule has 3 aromatic rings. The fourth-order valence-electron chi connectivity index (χ4n) is 2.80. The monoisotopic (exact) mass is 368 g/mol. The van der Waals surface area contributed by atoms with E-state index in [1.54, 1.807) is 10.8 Å². The zero-order valence-corrected chi connectivity index (χ0v) is 15.5. The summed E-state index contributed by atoms with van der Waals surface area (Å²) in [6.07, 6.45) is 2.67. The third-order valence-electron chi connectivity index (χ3n) is 4.23. The van der Waals surface area contributed by atoms with Crippen LogP contribution >= 0.6 is 0 Å². The summed E-state index contributed by atoms with van der Waals surface area (Å²) < 4.78 is 1.54. The summed E-state index contributed by atoms with van der Waals surface area (Å²) >= 11 is 0. The smallest absolute Gasteiger partial charge is 0.354 e. The van der Waals surface area contributed by atoms with Gasteiger partial charge in [0.25, 0.3) is 0 Å². The van der Waals surface area contributed by atoms with Crippen molar-refractivity contribution >= 4 is 22.8 Å². The minimum Gasteiger partial charge on any atom is -0.375 e. The van der Waals surface area contributed by atoms with Crippen molar-refractivity contribution in [2.45, 2.75) is 19.9 Å². The highest BCUT2D eigenvalue weighted by Gasteiger charge is 2.07. The molecule has 8 heteroatoms. The maximum atomic E-state index is 12.3. The van der Waals surface area contributed by atoms with Gasteiger partial charge < -0.3 is 20.9 Å². The molecule has 0 fully saturated rings. The van der Waals surface area contributed by atoms with E-state index in [1.807, 2.05) is 37.4 Å². The lowest BCUT2D eigenvalue weighted by molar-refractivity contribution is -0.118. The summed E-state index contributed by atoms with van der Waals surface area (Å²) in [5, 5.41) is 9.98. The second-order valence-corrected chi connectivity index (χ2v) is 6.31. The summed E-state index contributed by atoms with van der Waals surface area (Å²) in [5.74, 6) is 0.810. The fraction of sp³-hybridized carbons (Fsp3) is 0.316. The number of carbonyl (C=O) groups excluding carboxylic acids is 1. The van der Waals surface area contributed by atoms with Gasteiger partial charge in [-0.2, -0.15) is 4.98 Å². The van der Waals surface area contributed by atoms with Gasteiger partial charge in [-0.05, 0) is 36.7 Å². The van der Waals surface area contributed by atoms with Crippen LogP contribution in [0, 0.1) is 0 Å². The minimum absolute atomic E-state index is 0.00433. The fourth-order valence-corrected chi connectivity index (χ4v) is 2.80. The predicted molar refractivity (Wildman–Crippen MR) is 106 cm³/mol. The average Bonchev–Trinajstić information content (AvgIpc) is 3.06. The van der Waals surface area contributed by atoms with Crippen LogP contribution in [0.15, 0.2) is 41.3 Å². The molecule has 0 atom stereocenters. The molecule has 0 aliphatic rings. The Morgan fingerprint density at radius 2 is 2.00 bits per heavy atom. The first kappa shape index (κ1) is 18.7. The third kappa shape index (κ3) is 4.73. The quantitative estimate of drug-likeness (QED) is 0.450. The summed E-state index contributed by atoms with van der Waals surface area (Å²) in [7, 11) is 1.81. The van der Waals surface area contributed by atoms with Crippen molar-refractivity contribution in [3.05, 3.63) is 52.6 Å². The van der Waals surface area contributed by atoms with Gasteiger partial charge >= 0.3 is 5.69 Å². The highest BCUT2D eigenvalue weighted by molar-refractivity contribution is 5.79. The molecule has 8 nitrogen and oxygen atoms in total. The van der Waals surface area contributed by atoms with Crippen LogP contribution in [0.25, 0.3) is 16.7 Å². The molecule has 2 heterocycles. The summed E-state index contributed by atoms with van der Waals surface area (Å²) in [4.78, 5) is 30.3. The Labute approximate surface area is 157 Å². The number of anilines is 1. The predicted octanol–water partition coefficient (Wildman–Crippen LogP) is 1.37. The second kappa shape index (κ2) is 8.50. The average molecular weight is 368 g/mol. The molecule has 27 heavy (non-hydrogen) atoms. The van der Waals surface area contributed by atoms with Crippen molar-refractivity contribution in [2.24, 2.45) is 0 Å². The molecule has 0 saturated carbocycles. The molecule has 2 aromatic heterocycles. The molecule has 0 saturated heterocycles. The maximum absolute atomic E-state index is 12.3. The molecule has 0 aliphatic carbocycles. The zero-order chi connectivity index (χ0) is 19.2. The number of aromatic amines is 1. The number of hydrogen-bond acceptors (Lipinski definition) is 5. The highest BCUT2D eigenvalue weighted by atomic mass is 16.1. The normalized spacial score (nSPS) is 10.9. The van der Waals surface area contributed by atoms with Crippen molar-refractivity contribution < 1.29 is 4.79 Å². The summed E-state index contributed by atoms with van der Waals surface area (Å²) in [6, 6.07) is 9.72. The first-order valence-electron chi connectivity index (χ1n) is 8.91. The van der Waals surface area contributed by atoms with E-state index < -0.39 is 0 Å². The number of hydrogen-bond donors (Lipinski definition) is 4. The standard InChI is InChI=1S/C19H24N6O2/c1-13(26)22-9-3-8-21-11-14-4-6-16(7-5-14)25-12-15-10-17(20-2)23-18(15)24-19(25)27/h4-7,10,12,20-21H,3,8-9,11H2,1-2H3,(H,22,26)(H,23,24,27). The minimum atomic E-state index is -0.323. The molecule has 0 radical (unpaired) electrons. The maximum Gasteiger partial charge on any atom is 0.354 e. The molecule has 0 spiro atoms. The van der Waals surface area contributed by atoms with E-state index in [1.165, 1.54) is 6.92 Å². The number of nitrogens with zero attached hydrogens (tertiary/aromatic N) is 2. The number of nitrogens with one attached hydrogen (secondary N) is 4. The van der Waals surface area contributed by atoms with Crippen molar-refractivity contribution in [2.75, 3.05) is 25.5 Å². The summed E-state index contributed by atoms with van der Waals surface area (Å²) in [6.45, 7) is 3.75. The van der Waals surface area contributed by atoms with Crippen LogP contribution in [0.3, 0.4) is 0 Å². The van der Waals surface area contributed by atoms with E-state index in [4.69, 9.17) is 0 Å². The van der Waals surface area contributed by atoms with Gasteiger partial charge in [-0.3, -0.25) is 9.36 Å². The van der Waals surface area contributed by atoms with Gasteiger partial charge in [0.1, 0.15) is 11.5 Å². The van der Waals surface area contributed by atoms with Gasteiger partial charge in [0.05, 0.1) is 5.69 Å². The Kier molecular flexibility index (Phi) is 5.87. The van der Waals surface area contributed by atoms with E-state index in [-0.39, 0.29) is 11.6 Å². The van der Waals surface area contributed by atoms with Crippen molar-refractivity contribution in [1.82, 2.24) is 25.2 Å². The van der Waals surface area contributed by atoms with Crippen molar-refractivity contribution in [3.63, 3.8) is 0 Å². The molecule has 0 aliphatic heterocycles. The third-order valence-corrected chi connectivity index (χ3v) is 4.23. The molecule has 1 aromatic carbocycles. The number of rotatable bonds is 8. The van der Waals surface area contributed by atoms with Gasteiger partial charge in [0, 0.05) is 38.6 Å². The molecule has 0 bridgehead atoms. The van der Waals surface area contributed by atoms with E-state index in [0.717, 1.165) is 42.0 Å². The first-order chi connectivity index (χ1) is 13.1. The van der Waals surface area contributed by atoms with Gasteiger partial charge in [0.15, 0.2) is 0 Å². The summed E-state index contributed by atoms with van der Waals surface area (Å²) in [5.41, 5.74) is 2.15. The Morgan fingerprint density at radius 3 is 2.70 bits per heavy atom. The van der Waals surface area contributed by atoms with Gasteiger partial charge in [-0.15, -0.1) is 0 Å². The lowest BCUT2D eigenvalue weighted by atomic mass is 10.2. The van der Waals surface area contributed by atoms with Crippen molar-refractivity contribution in [3.8, 4) is 5.69 Å². The van der Waals surface area contributed by atoms with E-state index in [9.17, 15) is 9.59 Å². The van der Waals surface area contributed by atoms with Crippen LogP contribution in [0.5, 0.6) is 0 Å². The number of carbonyl (C=O) groups is 1. The lowest BCUT2D eigenvalue weighted by Gasteiger charge is -2.08. The largest absolute Gasteiger partial charge is 0.375 e. The SMILES string of the molecule is CNc1cc2cn(-c3ccc(CNCCCNC(C)=O)cc3)c(=O)nc2[nH]1. The molecule has 3 rings (SSSR count). The number of H-pyrrole nitrogens is 1. The Bertz CT molecular complexity index is 974. The Balaban J connectivity index is 1.63. The Hall–Kier alpha value is -3.13. The van der Waals surface area contributed by atoms with E-state index in [0.29, 0.717) is 12.2 Å². The molecular weight excluding hydrogens is 344 g/mol. The van der Waals surface area contributed by atoms with Crippen LogP contribution < -0.4 is 21.6 Å². The number of amides is 1. The van der Waals surface area contributed by atoms with E-state index >= 15 is 0 Å². The van der Waals surface area contributed by atoms with Crippen LogP contribution in [-0.2, 0) is 11.3 Å². The number of aromatic nitrogens is 3. The molecule has 4 N–H and O–H groups in total. The van der Waals surface area contributed by atoms with Crippen molar-refractivity contribution in [1.29, 1.82) is 0 Å². The van der Waals surface area contributed by atoms with Gasteiger partial charge in [-0.1, -0.05) is 12.1 Å². The second-order valence-electron chi connectivity index (χ2n) is 6.31. The topological polar surface area (TPSA) is 104 Å². The number of benzene rings is 1. The molecule has 1 amide bonds. The van der Waals surface area contributed by atoms with Crippen LogP contribution in [0.2, 0.25) is 0 Å². The van der Waals surface area contributed by atoms with Gasteiger partial charge in [-0.25, -0.2) is 4.79 Å².